The van der Waals surface area contributed by atoms with Crippen LogP contribution in [0.5, 0.6) is 0 Å². The second-order valence-electron chi connectivity index (χ2n) is 3.25. The van der Waals surface area contributed by atoms with E-state index in [9.17, 15) is 4.79 Å². The Labute approximate surface area is 86.6 Å². The monoisotopic (exact) mass is 205 g/mol. The highest BCUT2D eigenvalue weighted by atomic mass is 16.2. The largest absolute Gasteiger partial charge is 0.284 e. The Morgan fingerprint density at radius 1 is 1.47 bits per heavy atom. The third kappa shape index (κ3) is 1.54. The van der Waals surface area contributed by atoms with Crippen LogP contribution in [0.4, 0.5) is 5.95 Å². The molecule has 6 nitrogen and oxygen atoms in total. The molecule has 0 aliphatic carbocycles. The van der Waals surface area contributed by atoms with Crippen molar-refractivity contribution in [2.45, 2.75) is 13.8 Å². The van der Waals surface area contributed by atoms with Crippen LogP contribution < -0.4 is 4.90 Å². The van der Waals surface area contributed by atoms with Crippen LogP contribution >= 0.6 is 0 Å². The molecule has 0 aliphatic rings. The second-order valence-corrected chi connectivity index (χ2v) is 3.25. The van der Waals surface area contributed by atoms with E-state index in [-0.39, 0.29) is 5.91 Å². The predicted octanol–water partition coefficient (Wildman–Crippen LogP) is 0.415. The van der Waals surface area contributed by atoms with Gasteiger partial charge in [-0.15, -0.1) is 0 Å². The minimum Gasteiger partial charge on any atom is -0.284 e. The smallest absolute Gasteiger partial charge is 0.236 e. The summed E-state index contributed by atoms with van der Waals surface area (Å²) in [5, 5.41) is 4.06. The molecule has 78 valence electrons. The van der Waals surface area contributed by atoms with Crippen molar-refractivity contribution in [1.29, 1.82) is 0 Å². The highest BCUT2D eigenvalue weighted by Crippen LogP contribution is 2.11. The maximum Gasteiger partial charge on any atom is 0.236 e. The molecule has 1 amide bonds. The number of aryl methyl sites for hydroxylation is 1. The summed E-state index contributed by atoms with van der Waals surface area (Å²) in [6.45, 7) is 3.26. The summed E-state index contributed by atoms with van der Waals surface area (Å²) in [4.78, 5) is 21.1. The zero-order valence-corrected chi connectivity index (χ0v) is 8.80. The van der Waals surface area contributed by atoms with Gasteiger partial charge >= 0.3 is 0 Å². The third-order valence-electron chi connectivity index (χ3n) is 2.12. The number of aromatic nitrogens is 4. The first-order valence-electron chi connectivity index (χ1n) is 4.52. The summed E-state index contributed by atoms with van der Waals surface area (Å²) >= 11 is 0. The molecule has 0 aromatic carbocycles. The van der Waals surface area contributed by atoms with Gasteiger partial charge in [-0.25, -0.2) is 4.98 Å². The Kier molecular flexibility index (Phi) is 2.11. The first-order valence-corrected chi connectivity index (χ1v) is 4.52. The first kappa shape index (κ1) is 9.57. The number of nitrogens with zero attached hydrogens (tertiary/aromatic N) is 5. The van der Waals surface area contributed by atoms with Crippen LogP contribution in [0.2, 0.25) is 0 Å². The molecule has 0 unspecified atom stereocenters. The molecule has 2 heterocycles. The summed E-state index contributed by atoms with van der Waals surface area (Å²) < 4.78 is 1.54. The van der Waals surface area contributed by atoms with Crippen LogP contribution in [0.3, 0.4) is 0 Å². The summed E-state index contributed by atoms with van der Waals surface area (Å²) in [7, 11) is 1.66. The number of carbonyl (C=O) groups excluding carboxylic acids is 1. The Balaban J connectivity index is 2.67. The molecule has 0 atom stereocenters. The number of hydrogen-bond donors (Lipinski definition) is 0. The van der Waals surface area contributed by atoms with Gasteiger partial charge in [0.15, 0.2) is 5.65 Å². The van der Waals surface area contributed by atoms with Crippen LogP contribution in [0.15, 0.2) is 12.3 Å². The van der Waals surface area contributed by atoms with Crippen LogP contribution in [0.25, 0.3) is 5.65 Å². The third-order valence-corrected chi connectivity index (χ3v) is 2.12. The molecule has 2 rings (SSSR count). The molecule has 0 saturated carbocycles. The van der Waals surface area contributed by atoms with E-state index in [1.807, 2.05) is 0 Å². The molecule has 0 fully saturated rings. The van der Waals surface area contributed by atoms with E-state index >= 15 is 0 Å². The van der Waals surface area contributed by atoms with Crippen molar-refractivity contribution >= 4 is 17.5 Å². The van der Waals surface area contributed by atoms with Crippen LogP contribution in [-0.4, -0.2) is 32.5 Å². The molecule has 0 aliphatic heterocycles. The lowest BCUT2D eigenvalue weighted by Crippen LogP contribution is -2.27. The number of carbonyl (C=O) groups is 1. The van der Waals surface area contributed by atoms with Gasteiger partial charge in [0.05, 0.1) is 6.20 Å². The van der Waals surface area contributed by atoms with Crippen molar-refractivity contribution in [1.82, 2.24) is 19.6 Å². The molecule has 0 spiro atoms. The second kappa shape index (κ2) is 3.30. The fourth-order valence-electron chi connectivity index (χ4n) is 1.28. The van der Waals surface area contributed by atoms with Crippen LogP contribution in [0.1, 0.15) is 12.7 Å². The van der Waals surface area contributed by atoms with Gasteiger partial charge in [0, 0.05) is 20.0 Å². The van der Waals surface area contributed by atoms with Crippen molar-refractivity contribution in [3.8, 4) is 0 Å². The van der Waals surface area contributed by atoms with Crippen LogP contribution in [0, 0.1) is 6.92 Å². The molecular formula is C9H11N5O. The molecular weight excluding hydrogens is 194 g/mol. The zero-order chi connectivity index (χ0) is 11.0. The Hall–Kier alpha value is -1.98. The van der Waals surface area contributed by atoms with Gasteiger partial charge in [-0.05, 0) is 6.92 Å². The average Bonchev–Trinajstić information content (AvgIpc) is 2.62. The molecule has 0 bridgehead atoms. The molecule has 0 radical (unpaired) electrons. The van der Waals surface area contributed by atoms with Gasteiger partial charge in [-0.1, -0.05) is 0 Å². The fourth-order valence-corrected chi connectivity index (χ4v) is 1.28. The zero-order valence-electron chi connectivity index (χ0n) is 8.80. The van der Waals surface area contributed by atoms with E-state index in [1.165, 1.54) is 16.3 Å². The van der Waals surface area contributed by atoms with Crippen molar-refractivity contribution in [2.75, 3.05) is 11.9 Å². The minimum atomic E-state index is -0.0927. The Morgan fingerprint density at radius 3 is 2.87 bits per heavy atom. The quantitative estimate of drug-likeness (QED) is 0.676. The molecule has 6 heteroatoms. The van der Waals surface area contributed by atoms with E-state index in [0.717, 1.165) is 0 Å². The van der Waals surface area contributed by atoms with E-state index in [1.54, 1.807) is 26.2 Å². The lowest BCUT2D eigenvalue weighted by molar-refractivity contribution is -0.116. The SMILES string of the molecule is CC(=O)N(C)c1nc(C)nc2ccnn12. The van der Waals surface area contributed by atoms with Gasteiger partial charge in [0.2, 0.25) is 11.9 Å². The first-order chi connectivity index (χ1) is 7.09. The van der Waals surface area contributed by atoms with E-state index < -0.39 is 0 Å². The Morgan fingerprint density at radius 2 is 2.20 bits per heavy atom. The normalized spacial score (nSPS) is 10.6. The maximum absolute atomic E-state index is 11.2. The van der Waals surface area contributed by atoms with Gasteiger partial charge in [-0.2, -0.15) is 14.6 Å². The Bertz CT molecular complexity index is 518. The molecule has 0 saturated heterocycles. The van der Waals surface area contributed by atoms with Crippen molar-refractivity contribution < 1.29 is 4.79 Å². The van der Waals surface area contributed by atoms with E-state index in [2.05, 4.69) is 15.1 Å². The van der Waals surface area contributed by atoms with Crippen LogP contribution in [-0.2, 0) is 4.79 Å². The summed E-state index contributed by atoms with van der Waals surface area (Å²) in [6, 6.07) is 1.77. The predicted molar refractivity (Wildman–Crippen MR) is 54.6 cm³/mol. The topological polar surface area (TPSA) is 63.4 Å². The van der Waals surface area contributed by atoms with Gasteiger partial charge < -0.3 is 0 Å². The number of amides is 1. The van der Waals surface area contributed by atoms with Crippen molar-refractivity contribution in [2.24, 2.45) is 0 Å². The fraction of sp³-hybridized carbons (Fsp3) is 0.333. The van der Waals surface area contributed by atoms with Crippen molar-refractivity contribution in [3.63, 3.8) is 0 Å². The van der Waals surface area contributed by atoms with E-state index in [0.29, 0.717) is 17.4 Å². The summed E-state index contributed by atoms with van der Waals surface area (Å²) in [5.41, 5.74) is 0.686. The number of fused-ring (bicyclic) bond motifs is 1. The number of anilines is 1. The lowest BCUT2D eigenvalue weighted by Gasteiger charge is -2.14. The highest BCUT2D eigenvalue weighted by molar-refractivity contribution is 5.89. The van der Waals surface area contributed by atoms with Gasteiger partial charge in [0.1, 0.15) is 5.82 Å². The molecule has 2 aromatic rings. The molecule has 2 aromatic heterocycles. The molecule has 0 N–H and O–H groups in total. The number of rotatable bonds is 1. The van der Waals surface area contributed by atoms with E-state index in [4.69, 9.17) is 0 Å². The molecule has 15 heavy (non-hydrogen) atoms. The lowest BCUT2D eigenvalue weighted by atomic mass is 10.5. The van der Waals surface area contributed by atoms with Crippen molar-refractivity contribution in [3.05, 3.63) is 18.1 Å². The average molecular weight is 205 g/mol. The van der Waals surface area contributed by atoms with Gasteiger partial charge in [-0.3, -0.25) is 9.69 Å². The standard InChI is InChI=1S/C9H11N5O/c1-6-11-8-4-5-10-14(8)9(12-6)13(3)7(2)15/h4-5H,1-3H3. The number of hydrogen-bond acceptors (Lipinski definition) is 4. The maximum atomic E-state index is 11.2. The highest BCUT2D eigenvalue weighted by Gasteiger charge is 2.13. The summed E-state index contributed by atoms with van der Waals surface area (Å²) in [6.07, 6.45) is 1.63. The minimum absolute atomic E-state index is 0.0927. The summed E-state index contributed by atoms with van der Waals surface area (Å²) in [5.74, 6) is 1.01. The van der Waals surface area contributed by atoms with Gasteiger partial charge in [0.25, 0.3) is 0 Å².